The highest BCUT2D eigenvalue weighted by molar-refractivity contribution is 6.12. The molecule has 0 radical (unpaired) electrons. The van der Waals surface area contributed by atoms with Crippen molar-refractivity contribution in [3.05, 3.63) is 59.8 Å². The zero-order valence-corrected chi connectivity index (χ0v) is 15.4. The third kappa shape index (κ3) is 3.61. The summed E-state index contributed by atoms with van der Waals surface area (Å²) in [4.78, 5) is 17.6. The molecule has 5 heteroatoms. The van der Waals surface area contributed by atoms with Gasteiger partial charge in [-0.25, -0.2) is 0 Å². The second-order valence-electron chi connectivity index (χ2n) is 6.32. The van der Waals surface area contributed by atoms with Crippen LogP contribution in [-0.4, -0.2) is 25.1 Å². The number of aromatic nitrogens is 1. The molecule has 3 aromatic rings. The Kier molecular flexibility index (Phi) is 5.07. The maximum absolute atomic E-state index is 13.0. The standard InChI is InChI=1S/C21H22N2O3/c1-13(2)20-12-18(17-7-5-6-8-19(17)23-20)21(24)22-14-9-15(25-3)11-16(10-14)26-4/h5-13H,1-4H3,(H,22,24). The van der Waals surface area contributed by atoms with Crippen molar-refractivity contribution >= 4 is 22.5 Å². The highest BCUT2D eigenvalue weighted by Gasteiger charge is 2.15. The van der Waals surface area contributed by atoms with E-state index in [0.717, 1.165) is 16.6 Å². The van der Waals surface area contributed by atoms with Gasteiger partial charge in [-0.15, -0.1) is 0 Å². The number of rotatable bonds is 5. The number of benzene rings is 2. The van der Waals surface area contributed by atoms with E-state index in [1.165, 1.54) is 0 Å². The number of methoxy groups -OCH3 is 2. The third-order valence-corrected chi connectivity index (χ3v) is 4.18. The van der Waals surface area contributed by atoms with Gasteiger partial charge in [0, 0.05) is 35.0 Å². The van der Waals surface area contributed by atoms with E-state index in [2.05, 4.69) is 24.1 Å². The lowest BCUT2D eigenvalue weighted by atomic mass is 10.0. The molecule has 0 bridgehead atoms. The molecule has 0 aliphatic rings. The lowest BCUT2D eigenvalue weighted by Crippen LogP contribution is -2.14. The summed E-state index contributed by atoms with van der Waals surface area (Å²) in [6.45, 7) is 4.12. The van der Waals surface area contributed by atoms with Crippen molar-refractivity contribution in [2.24, 2.45) is 0 Å². The van der Waals surface area contributed by atoms with E-state index in [4.69, 9.17) is 9.47 Å². The van der Waals surface area contributed by atoms with E-state index in [-0.39, 0.29) is 11.8 Å². The van der Waals surface area contributed by atoms with Crippen LogP contribution >= 0.6 is 0 Å². The molecule has 3 rings (SSSR count). The van der Waals surface area contributed by atoms with Crippen molar-refractivity contribution in [1.29, 1.82) is 0 Å². The summed E-state index contributed by atoms with van der Waals surface area (Å²) in [5, 5.41) is 3.76. The molecule has 0 aliphatic carbocycles. The highest BCUT2D eigenvalue weighted by Crippen LogP contribution is 2.27. The fraction of sp³-hybridized carbons (Fsp3) is 0.238. The molecule has 0 aliphatic heterocycles. The first kappa shape index (κ1) is 17.7. The van der Waals surface area contributed by atoms with Crippen LogP contribution in [0, 0.1) is 0 Å². The smallest absolute Gasteiger partial charge is 0.256 e. The van der Waals surface area contributed by atoms with E-state index >= 15 is 0 Å². The Bertz CT molecular complexity index is 929. The van der Waals surface area contributed by atoms with Gasteiger partial charge in [-0.3, -0.25) is 9.78 Å². The molecular formula is C21H22N2O3. The second-order valence-corrected chi connectivity index (χ2v) is 6.32. The molecule has 0 unspecified atom stereocenters. The first-order chi connectivity index (χ1) is 12.5. The molecule has 0 atom stereocenters. The number of para-hydroxylation sites is 1. The molecule has 1 N–H and O–H groups in total. The van der Waals surface area contributed by atoms with Gasteiger partial charge in [-0.1, -0.05) is 32.0 Å². The normalized spacial score (nSPS) is 10.8. The summed E-state index contributed by atoms with van der Waals surface area (Å²) in [6.07, 6.45) is 0. The minimum atomic E-state index is -0.194. The van der Waals surface area contributed by atoms with Crippen molar-refractivity contribution < 1.29 is 14.3 Å². The fourth-order valence-electron chi connectivity index (χ4n) is 2.76. The maximum atomic E-state index is 13.0. The zero-order valence-electron chi connectivity index (χ0n) is 15.4. The molecule has 0 saturated carbocycles. The summed E-state index contributed by atoms with van der Waals surface area (Å²) in [7, 11) is 3.15. The molecule has 5 nitrogen and oxygen atoms in total. The van der Waals surface area contributed by atoms with Crippen LogP contribution in [0.5, 0.6) is 11.5 Å². The molecule has 134 valence electrons. The number of anilines is 1. The molecule has 0 saturated heterocycles. The Morgan fingerprint density at radius 1 is 1.00 bits per heavy atom. The number of nitrogens with one attached hydrogen (secondary N) is 1. The van der Waals surface area contributed by atoms with Crippen LogP contribution in [0.1, 0.15) is 35.8 Å². The second kappa shape index (κ2) is 7.44. The first-order valence-corrected chi connectivity index (χ1v) is 8.46. The zero-order chi connectivity index (χ0) is 18.7. The van der Waals surface area contributed by atoms with Crippen molar-refractivity contribution in [3.63, 3.8) is 0 Å². The average Bonchev–Trinajstić information content (AvgIpc) is 2.66. The first-order valence-electron chi connectivity index (χ1n) is 8.46. The van der Waals surface area contributed by atoms with Crippen molar-refractivity contribution in [1.82, 2.24) is 4.98 Å². The Morgan fingerprint density at radius 3 is 2.27 bits per heavy atom. The average molecular weight is 350 g/mol. The lowest BCUT2D eigenvalue weighted by Gasteiger charge is -2.13. The van der Waals surface area contributed by atoms with E-state index in [9.17, 15) is 4.79 Å². The SMILES string of the molecule is COc1cc(NC(=O)c2cc(C(C)C)nc3ccccc23)cc(OC)c1. The molecule has 2 aromatic carbocycles. The number of amides is 1. The summed E-state index contributed by atoms with van der Waals surface area (Å²) in [6, 6.07) is 14.8. The number of carbonyl (C=O) groups is 1. The van der Waals surface area contributed by atoms with Gasteiger partial charge in [-0.2, -0.15) is 0 Å². The van der Waals surface area contributed by atoms with E-state index < -0.39 is 0 Å². The monoisotopic (exact) mass is 350 g/mol. The van der Waals surface area contributed by atoms with Gasteiger partial charge >= 0.3 is 0 Å². The van der Waals surface area contributed by atoms with Crippen molar-refractivity contribution in [2.75, 3.05) is 19.5 Å². The topological polar surface area (TPSA) is 60.5 Å². The predicted octanol–water partition coefficient (Wildman–Crippen LogP) is 4.63. The Hall–Kier alpha value is -3.08. The van der Waals surface area contributed by atoms with Gasteiger partial charge < -0.3 is 14.8 Å². The summed E-state index contributed by atoms with van der Waals surface area (Å²) >= 11 is 0. The Morgan fingerprint density at radius 2 is 1.65 bits per heavy atom. The van der Waals surface area contributed by atoms with Crippen LogP contribution < -0.4 is 14.8 Å². The molecule has 1 heterocycles. The van der Waals surface area contributed by atoms with Gasteiger partial charge in [-0.05, 0) is 18.1 Å². The number of fused-ring (bicyclic) bond motifs is 1. The molecule has 0 spiro atoms. The quantitative estimate of drug-likeness (QED) is 0.729. The number of ether oxygens (including phenoxy) is 2. The van der Waals surface area contributed by atoms with Crippen LogP contribution in [0.4, 0.5) is 5.69 Å². The number of hydrogen-bond donors (Lipinski definition) is 1. The minimum absolute atomic E-state index is 0.194. The van der Waals surface area contributed by atoms with Crippen LogP contribution in [0.25, 0.3) is 10.9 Å². The molecule has 0 fully saturated rings. The van der Waals surface area contributed by atoms with E-state index in [0.29, 0.717) is 22.7 Å². The van der Waals surface area contributed by atoms with Crippen LogP contribution in [-0.2, 0) is 0 Å². The van der Waals surface area contributed by atoms with E-state index in [1.54, 1.807) is 32.4 Å². The third-order valence-electron chi connectivity index (χ3n) is 4.18. The van der Waals surface area contributed by atoms with Gasteiger partial charge in [0.05, 0.1) is 25.3 Å². The number of nitrogens with zero attached hydrogens (tertiary/aromatic N) is 1. The fourth-order valence-corrected chi connectivity index (χ4v) is 2.76. The van der Waals surface area contributed by atoms with Crippen LogP contribution in [0.15, 0.2) is 48.5 Å². The Balaban J connectivity index is 2.02. The number of pyridine rings is 1. The van der Waals surface area contributed by atoms with Gasteiger partial charge in [0.2, 0.25) is 0 Å². The minimum Gasteiger partial charge on any atom is -0.497 e. The molecule has 26 heavy (non-hydrogen) atoms. The summed E-state index contributed by atoms with van der Waals surface area (Å²) < 4.78 is 10.5. The molecule has 1 aromatic heterocycles. The summed E-state index contributed by atoms with van der Waals surface area (Å²) in [5.74, 6) is 1.26. The van der Waals surface area contributed by atoms with E-state index in [1.807, 2.05) is 30.3 Å². The molecular weight excluding hydrogens is 328 g/mol. The summed E-state index contributed by atoms with van der Waals surface area (Å²) in [5.41, 5.74) is 2.91. The number of hydrogen-bond acceptors (Lipinski definition) is 4. The highest BCUT2D eigenvalue weighted by atomic mass is 16.5. The van der Waals surface area contributed by atoms with Crippen LogP contribution in [0.2, 0.25) is 0 Å². The van der Waals surface area contributed by atoms with Gasteiger partial charge in [0.25, 0.3) is 5.91 Å². The molecule has 1 amide bonds. The Labute approximate surface area is 153 Å². The van der Waals surface area contributed by atoms with Gasteiger partial charge in [0.1, 0.15) is 11.5 Å². The van der Waals surface area contributed by atoms with Gasteiger partial charge in [0.15, 0.2) is 0 Å². The van der Waals surface area contributed by atoms with Crippen molar-refractivity contribution in [2.45, 2.75) is 19.8 Å². The number of carbonyl (C=O) groups excluding carboxylic acids is 1. The van der Waals surface area contributed by atoms with Crippen molar-refractivity contribution in [3.8, 4) is 11.5 Å². The predicted molar refractivity (Wildman–Crippen MR) is 103 cm³/mol. The maximum Gasteiger partial charge on any atom is 0.256 e. The van der Waals surface area contributed by atoms with Crippen LogP contribution in [0.3, 0.4) is 0 Å². The lowest BCUT2D eigenvalue weighted by molar-refractivity contribution is 0.102. The largest absolute Gasteiger partial charge is 0.497 e.